The molecule has 0 radical (unpaired) electrons. The first kappa shape index (κ1) is 21.4. The number of aryl methyl sites for hydroxylation is 1. The maximum Gasteiger partial charge on any atom is 0.238 e. The van der Waals surface area contributed by atoms with Gasteiger partial charge in [0, 0.05) is 22.3 Å². The van der Waals surface area contributed by atoms with E-state index in [-0.39, 0.29) is 21.7 Å². The third-order valence-electron chi connectivity index (χ3n) is 5.14. The fourth-order valence-corrected chi connectivity index (χ4v) is 4.91. The quantitative estimate of drug-likeness (QED) is 0.393. The minimum absolute atomic E-state index is 0.00849. The van der Waals surface area contributed by atoms with Gasteiger partial charge in [0.05, 0.1) is 4.90 Å². The van der Waals surface area contributed by atoms with Crippen molar-refractivity contribution in [3.8, 4) is 23.0 Å². The second-order valence-electron chi connectivity index (χ2n) is 7.41. The summed E-state index contributed by atoms with van der Waals surface area (Å²) < 4.78 is 44.3. The molecule has 0 spiro atoms. The molecule has 0 saturated heterocycles. The van der Waals surface area contributed by atoms with Crippen molar-refractivity contribution in [2.24, 2.45) is 0 Å². The Bertz CT molecular complexity index is 1450. The standard InChI is InChI=1S/C24H19ClN2O5S/c1-15-5-2-3-8-19(15)26-23-24(27-22(32-23)16-6-4-7-17(25)13-16)33(28,29)18-9-10-20-21(14-18)31-12-11-30-20/h2-10,13-14,26H,11-12H2,1H3. The molecule has 168 valence electrons. The minimum Gasteiger partial charge on any atom is -0.486 e. The number of ether oxygens (including phenoxy) is 2. The molecule has 5 rings (SSSR count). The van der Waals surface area contributed by atoms with Gasteiger partial charge in [0.25, 0.3) is 0 Å². The molecule has 1 aromatic heterocycles. The molecule has 1 aliphatic rings. The smallest absolute Gasteiger partial charge is 0.238 e. The van der Waals surface area contributed by atoms with Crippen LogP contribution in [0.3, 0.4) is 0 Å². The van der Waals surface area contributed by atoms with Crippen molar-refractivity contribution in [3.05, 3.63) is 77.3 Å². The summed E-state index contributed by atoms with van der Waals surface area (Å²) in [5, 5.41) is 3.33. The van der Waals surface area contributed by atoms with Crippen LogP contribution in [0.2, 0.25) is 5.02 Å². The molecule has 2 heterocycles. The summed E-state index contributed by atoms with van der Waals surface area (Å²) in [5.74, 6) is 1.01. The lowest BCUT2D eigenvalue weighted by Crippen LogP contribution is -2.16. The lowest BCUT2D eigenvalue weighted by atomic mass is 10.2. The van der Waals surface area contributed by atoms with Crippen molar-refractivity contribution in [3.63, 3.8) is 0 Å². The van der Waals surface area contributed by atoms with Gasteiger partial charge in [-0.05, 0) is 48.9 Å². The van der Waals surface area contributed by atoms with E-state index in [1.165, 1.54) is 12.1 Å². The molecule has 0 unspecified atom stereocenters. The van der Waals surface area contributed by atoms with Crippen molar-refractivity contribution in [2.75, 3.05) is 18.5 Å². The van der Waals surface area contributed by atoms with Gasteiger partial charge in [0.2, 0.25) is 26.6 Å². The number of hydrogen-bond acceptors (Lipinski definition) is 7. The second kappa shape index (κ2) is 8.46. The maximum absolute atomic E-state index is 13.6. The number of oxazole rings is 1. The first-order chi connectivity index (χ1) is 15.9. The van der Waals surface area contributed by atoms with Crippen LogP contribution in [-0.2, 0) is 9.84 Å². The highest BCUT2D eigenvalue weighted by atomic mass is 35.5. The average Bonchev–Trinajstić information content (AvgIpc) is 3.25. The Morgan fingerprint density at radius 2 is 1.73 bits per heavy atom. The first-order valence-electron chi connectivity index (χ1n) is 10.2. The fourth-order valence-electron chi connectivity index (χ4n) is 3.45. The highest BCUT2D eigenvalue weighted by Gasteiger charge is 2.30. The lowest BCUT2D eigenvalue weighted by Gasteiger charge is -2.18. The van der Waals surface area contributed by atoms with Crippen LogP contribution in [0, 0.1) is 6.92 Å². The number of sulfone groups is 1. The Labute approximate surface area is 195 Å². The van der Waals surface area contributed by atoms with Gasteiger partial charge in [-0.2, -0.15) is 4.98 Å². The van der Waals surface area contributed by atoms with E-state index in [0.29, 0.717) is 41.0 Å². The fraction of sp³-hybridized carbons (Fsp3) is 0.125. The van der Waals surface area contributed by atoms with Gasteiger partial charge in [-0.25, -0.2) is 8.42 Å². The van der Waals surface area contributed by atoms with Crippen LogP contribution in [0.25, 0.3) is 11.5 Å². The van der Waals surface area contributed by atoms with Crippen LogP contribution in [0.1, 0.15) is 5.56 Å². The molecule has 1 aliphatic heterocycles. The summed E-state index contributed by atoms with van der Waals surface area (Å²) in [6, 6.07) is 18.8. The third-order valence-corrected chi connectivity index (χ3v) is 7.03. The van der Waals surface area contributed by atoms with Crippen LogP contribution < -0.4 is 14.8 Å². The minimum atomic E-state index is -4.07. The van der Waals surface area contributed by atoms with Crippen LogP contribution in [-0.4, -0.2) is 26.6 Å². The summed E-state index contributed by atoms with van der Waals surface area (Å²) in [6.07, 6.45) is 0. The zero-order valence-corrected chi connectivity index (χ0v) is 19.1. The van der Waals surface area contributed by atoms with Gasteiger partial charge in [-0.1, -0.05) is 35.9 Å². The van der Waals surface area contributed by atoms with Crippen molar-refractivity contribution in [1.82, 2.24) is 4.98 Å². The normalized spacial score (nSPS) is 13.0. The van der Waals surface area contributed by atoms with Gasteiger partial charge in [0.1, 0.15) is 13.2 Å². The number of hydrogen-bond donors (Lipinski definition) is 1. The van der Waals surface area contributed by atoms with Gasteiger partial charge < -0.3 is 19.2 Å². The highest BCUT2D eigenvalue weighted by molar-refractivity contribution is 7.91. The summed E-state index contributed by atoms with van der Waals surface area (Å²) in [4.78, 5) is 4.38. The molecular formula is C24H19ClN2O5S. The number of benzene rings is 3. The molecule has 0 bridgehead atoms. The molecule has 9 heteroatoms. The number of halogens is 1. The summed E-state index contributed by atoms with van der Waals surface area (Å²) >= 11 is 6.12. The number of fused-ring (bicyclic) bond motifs is 1. The monoisotopic (exact) mass is 482 g/mol. The number of nitrogens with zero attached hydrogens (tertiary/aromatic N) is 1. The molecule has 0 atom stereocenters. The summed E-state index contributed by atoms with van der Waals surface area (Å²) in [7, 11) is -4.07. The van der Waals surface area contributed by atoms with E-state index in [9.17, 15) is 8.42 Å². The number of aromatic nitrogens is 1. The summed E-state index contributed by atoms with van der Waals surface area (Å²) in [5.41, 5.74) is 2.17. The molecule has 1 N–H and O–H groups in total. The van der Waals surface area contributed by atoms with E-state index < -0.39 is 9.84 Å². The zero-order chi connectivity index (χ0) is 23.0. The molecular weight excluding hydrogens is 464 g/mol. The number of anilines is 2. The van der Waals surface area contributed by atoms with Crippen molar-refractivity contribution in [1.29, 1.82) is 0 Å². The first-order valence-corrected chi connectivity index (χ1v) is 12.0. The van der Waals surface area contributed by atoms with Crippen LogP contribution in [0.15, 0.2) is 81.1 Å². The van der Waals surface area contributed by atoms with Crippen LogP contribution in [0.5, 0.6) is 11.5 Å². The number of para-hydroxylation sites is 1. The molecule has 0 amide bonds. The third kappa shape index (κ3) is 4.15. The average molecular weight is 483 g/mol. The Morgan fingerprint density at radius 3 is 2.52 bits per heavy atom. The van der Waals surface area contributed by atoms with Gasteiger partial charge in [0.15, 0.2) is 11.5 Å². The Hall–Kier alpha value is -3.49. The van der Waals surface area contributed by atoms with Crippen molar-refractivity contribution >= 4 is 33.0 Å². The number of nitrogens with one attached hydrogen (secondary N) is 1. The van der Waals surface area contributed by atoms with Crippen molar-refractivity contribution in [2.45, 2.75) is 16.8 Å². The molecule has 0 fully saturated rings. The Balaban J connectivity index is 1.64. The molecule has 33 heavy (non-hydrogen) atoms. The van der Waals surface area contributed by atoms with Crippen molar-refractivity contribution < 1.29 is 22.3 Å². The molecule has 3 aromatic carbocycles. The maximum atomic E-state index is 13.6. The number of rotatable bonds is 5. The van der Waals surface area contributed by atoms with Crippen LogP contribution in [0.4, 0.5) is 11.6 Å². The van der Waals surface area contributed by atoms with E-state index in [1.807, 2.05) is 31.2 Å². The van der Waals surface area contributed by atoms with Crippen LogP contribution >= 0.6 is 11.6 Å². The molecule has 0 aliphatic carbocycles. The SMILES string of the molecule is Cc1ccccc1Nc1oc(-c2cccc(Cl)c2)nc1S(=O)(=O)c1ccc2c(c1)OCCO2. The molecule has 4 aromatic rings. The predicted octanol–water partition coefficient (Wildman–Crippen LogP) is 5.65. The molecule has 7 nitrogen and oxygen atoms in total. The van der Waals surface area contributed by atoms with Gasteiger partial charge >= 0.3 is 0 Å². The van der Waals surface area contributed by atoms with E-state index in [4.69, 9.17) is 25.5 Å². The Kier molecular flexibility index (Phi) is 5.47. The lowest BCUT2D eigenvalue weighted by molar-refractivity contribution is 0.171. The second-order valence-corrected chi connectivity index (χ2v) is 9.71. The topological polar surface area (TPSA) is 90.7 Å². The largest absolute Gasteiger partial charge is 0.486 e. The van der Waals surface area contributed by atoms with E-state index in [0.717, 1.165) is 5.56 Å². The van der Waals surface area contributed by atoms with E-state index in [2.05, 4.69) is 10.3 Å². The van der Waals surface area contributed by atoms with Gasteiger partial charge in [-0.15, -0.1) is 0 Å². The molecule has 0 saturated carbocycles. The van der Waals surface area contributed by atoms with E-state index in [1.54, 1.807) is 30.3 Å². The Morgan fingerprint density at radius 1 is 0.939 bits per heavy atom. The summed E-state index contributed by atoms with van der Waals surface area (Å²) in [6.45, 7) is 2.67. The van der Waals surface area contributed by atoms with Gasteiger partial charge in [-0.3, -0.25) is 0 Å². The van der Waals surface area contributed by atoms with E-state index >= 15 is 0 Å². The predicted molar refractivity (Wildman–Crippen MR) is 124 cm³/mol. The zero-order valence-electron chi connectivity index (χ0n) is 17.5. The highest BCUT2D eigenvalue weighted by Crippen LogP contribution is 2.38.